The standard InChI is InChI=1S/C12H17NO/c1-12(2,9-13-3)10-5-7-11(14-4)8-6-10/h5-8H,3,9H2,1-2,4H3. The second-order valence-electron chi connectivity index (χ2n) is 3.99. The first-order valence-corrected chi connectivity index (χ1v) is 4.67. The third kappa shape index (κ3) is 2.34. The van der Waals surface area contributed by atoms with Crippen LogP contribution >= 0.6 is 0 Å². The predicted octanol–water partition coefficient (Wildman–Crippen LogP) is 2.67. The summed E-state index contributed by atoms with van der Waals surface area (Å²) in [6.45, 7) is 8.58. The van der Waals surface area contributed by atoms with E-state index in [1.54, 1.807) is 7.11 Å². The number of hydrogen-bond donors (Lipinski definition) is 0. The van der Waals surface area contributed by atoms with Crippen LogP contribution in [0.1, 0.15) is 19.4 Å². The largest absolute Gasteiger partial charge is 0.497 e. The predicted molar refractivity (Wildman–Crippen MR) is 60.4 cm³/mol. The zero-order valence-corrected chi connectivity index (χ0v) is 9.08. The maximum atomic E-state index is 5.11. The molecule has 14 heavy (non-hydrogen) atoms. The molecular formula is C12H17NO. The van der Waals surface area contributed by atoms with Crippen LogP contribution in [0.2, 0.25) is 0 Å². The smallest absolute Gasteiger partial charge is 0.118 e. The number of benzene rings is 1. The van der Waals surface area contributed by atoms with E-state index in [1.807, 2.05) is 12.1 Å². The molecule has 0 aliphatic carbocycles. The van der Waals surface area contributed by atoms with Crippen molar-refractivity contribution < 1.29 is 4.74 Å². The van der Waals surface area contributed by atoms with Crippen LogP contribution in [-0.4, -0.2) is 20.4 Å². The fourth-order valence-corrected chi connectivity index (χ4v) is 1.41. The second-order valence-corrected chi connectivity index (χ2v) is 3.99. The molecule has 0 unspecified atom stereocenters. The summed E-state index contributed by atoms with van der Waals surface area (Å²) in [6, 6.07) is 8.09. The lowest BCUT2D eigenvalue weighted by Gasteiger charge is -2.22. The summed E-state index contributed by atoms with van der Waals surface area (Å²) in [5.74, 6) is 0.885. The molecule has 0 amide bonds. The Morgan fingerprint density at radius 2 is 1.86 bits per heavy atom. The molecule has 1 aromatic rings. The van der Waals surface area contributed by atoms with Gasteiger partial charge in [0.1, 0.15) is 5.75 Å². The minimum atomic E-state index is 0.0496. The van der Waals surface area contributed by atoms with Crippen LogP contribution in [0.4, 0.5) is 0 Å². The molecule has 1 aromatic carbocycles. The summed E-state index contributed by atoms with van der Waals surface area (Å²) in [7, 11) is 1.67. The Hall–Kier alpha value is -1.31. The molecule has 1 rings (SSSR count). The van der Waals surface area contributed by atoms with Gasteiger partial charge in [0.05, 0.1) is 7.11 Å². The van der Waals surface area contributed by atoms with Crippen molar-refractivity contribution in [1.82, 2.24) is 0 Å². The van der Waals surface area contributed by atoms with E-state index in [4.69, 9.17) is 4.74 Å². The summed E-state index contributed by atoms with van der Waals surface area (Å²) in [5.41, 5.74) is 1.30. The molecule has 76 valence electrons. The van der Waals surface area contributed by atoms with Crippen LogP contribution in [0, 0.1) is 0 Å². The van der Waals surface area contributed by atoms with Crippen LogP contribution in [-0.2, 0) is 5.41 Å². The van der Waals surface area contributed by atoms with Crippen molar-refractivity contribution in [2.45, 2.75) is 19.3 Å². The third-order valence-electron chi connectivity index (χ3n) is 2.38. The lowest BCUT2D eigenvalue weighted by Crippen LogP contribution is -2.20. The van der Waals surface area contributed by atoms with Gasteiger partial charge in [-0.1, -0.05) is 26.0 Å². The van der Waals surface area contributed by atoms with Crippen LogP contribution < -0.4 is 4.74 Å². The minimum Gasteiger partial charge on any atom is -0.497 e. The number of methoxy groups -OCH3 is 1. The Bertz CT molecular complexity index is 301. The average Bonchev–Trinajstić information content (AvgIpc) is 2.18. The van der Waals surface area contributed by atoms with Gasteiger partial charge in [0.25, 0.3) is 0 Å². The first kappa shape index (κ1) is 10.8. The molecule has 0 bridgehead atoms. The highest BCUT2D eigenvalue weighted by atomic mass is 16.5. The van der Waals surface area contributed by atoms with E-state index in [9.17, 15) is 0 Å². The molecule has 0 radical (unpaired) electrons. The van der Waals surface area contributed by atoms with Gasteiger partial charge in [-0.15, -0.1) is 0 Å². The average molecular weight is 191 g/mol. The summed E-state index contributed by atoms with van der Waals surface area (Å²) in [4.78, 5) is 3.95. The van der Waals surface area contributed by atoms with E-state index in [2.05, 4.69) is 37.7 Å². The van der Waals surface area contributed by atoms with E-state index < -0.39 is 0 Å². The van der Waals surface area contributed by atoms with Gasteiger partial charge in [0.15, 0.2) is 0 Å². The normalized spacial score (nSPS) is 11.1. The van der Waals surface area contributed by atoms with Gasteiger partial charge in [-0.25, -0.2) is 0 Å². The molecule has 2 heteroatoms. The van der Waals surface area contributed by atoms with Crippen LogP contribution in [0.3, 0.4) is 0 Å². The minimum absolute atomic E-state index is 0.0496. The van der Waals surface area contributed by atoms with Crippen molar-refractivity contribution in [2.24, 2.45) is 4.99 Å². The molecule has 0 saturated carbocycles. The van der Waals surface area contributed by atoms with Gasteiger partial charge in [0.2, 0.25) is 0 Å². The Morgan fingerprint density at radius 1 is 1.29 bits per heavy atom. The van der Waals surface area contributed by atoms with Gasteiger partial charge in [-0.2, -0.15) is 0 Å². The topological polar surface area (TPSA) is 21.6 Å². The maximum absolute atomic E-state index is 5.11. The molecule has 0 aromatic heterocycles. The highest BCUT2D eigenvalue weighted by molar-refractivity contribution is 5.32. The number of hydrogen-bond acceptors (Lipinski definition) is 2. The summed E-state index contributed by atoms with van der Waals surface area (Å²) >= 11 is 0. The maximum Gasteiger partial charge on any atom is 0.118 e. The van der Waals surface area contributed by atoms with Gasteiger partial charge in [-0.05, 0) is 24.4 Å². The Morgan fingerprint density at radius 3 is 2.29 bits per heavy atom. The molecule has 0 fully saturated rings. The van der Waals surface area contributed by atoms with Crippen LogP contribution in [0.25, 0.3) is 0 Å². The van der Waals surface area contributed by atoms with Gasteiger partial charge < -0.3 is 9.73 Å². The number of ether oxygens (including phenoxy) is 1. The Labute approximate surface area is 85.6 Å². The van der Waals surface area contributed by atoms with E-state index in [0.717, 1.165) is 12.3 Å². The number of nitrogens with zero attached hydrogens (tertiary/aromatic N) is 1. The molecule has 0 spiro atoms. The van der Waals surface area contributed by atoms with Crippen molar-refractivity contribution >= 4 is 6.72 Å². The molecular weight excluding hydrogens is 174 g/mol. The van der Waals surface area contributed by atoms with Crippen LogP contribution in [0.5, 0.6) is 5.75 Å². The van der Waals surface area contributed by atoms with Crippen molar-refractivity contribution in [3.8, 4) is 5.75 Å². The van der Waals surface area contributed by atoms with Gasteiger partial charge >= 0.3 is 0 Å². The monoisotopic (exact) mass is 191 g/mol. The highest BCUT2D eigenvalue weighted by Crippen LogP contribution is 2.25. The second kappa shape index (κ2) is 4.27. The molecule has 0 aliphatic rings. The fourth-order valence-electron chi connectivity index (χ4n) is 1.41. The zero-order valence-electron chi connectivity index (χ0n) is 9.08. The van der Waals surface area contributed by atoms with Crippen molar-refractivity contribution in [2.75, 3.05) is 13.7 Å². The molecule has 0 N–H and O–H groups in total. The lowest BCUT2D eigenvalue weighted by molar-refractivity contribution is 0.414. The fraction of sp³-hybridized carbons (Fsp3) is 0.417. The highest BCUT2D eigenvalue weighted by Gasteiger charge is 2.19. The van der Waals surface area contributed by atoms with E-state index in [0.29, 0.717) is 0 Å². The quantitative estimate of drug-likeness (QED) is 0.670. The zero-order chi connectivity index (χ0) is 10.6. The number of aliphatic imine (C=N–C) groups is 1. The van der Waals surface area contributed by atoms with Crippen molar-refractivity contribution in [3.63, 3.8) is 0 Å². The SMILES string of the molecule is C=NCC(C)(C)c1ccc(OC)cc1. The van der Waals surface area contributed by atoms with Crippen molar-refractivity contribution in [3.05, 3.63) is 29.8 Å². The summed E-state index contributed by atoms with van der Waals surface area (Å²) < 4.78 is 5.11. The molecule has 0 saturated heterocycles. The first-order valence-electron chi connectivity index (χ1n) is 4.67. The van der Waals surface area contributed by atoms with E-state index in [1.165, 1.54) is 5.56 Å². The summed E-state index contributed by atoms with van der Waals surface area (Å²) in [6.07, 6.45) is 0. The molecule has 0 atom stereocenters. The van der Waals surface area contributed by atoms with E-state index >= 15 is 0 Å². The number of rotatable bonds is 4. The van der Waals surface area contributed by atoms with E-state index in [-0.39, 0.29) is 5.41 Å². The molecule has 2 nitrogen and oxygen atoms in total. The summed E-state index contributed by atoms with van der Waals surface area (Å²) in [5, 5.41) is 0. The van der Waals surface area contributed by atoms with Gasteiger partial charge in [-0.3, -0.25) is 0 Å². The third-order valence-corrected chi connectivity index (χ3v) is 2.38. The van der Waals surface area contributed by atoms with Crippen molar-refractivity contribution in [1.29, 1.82) is 0 Å². The van der Waals surface area contributed by atoms with Gasteiger partial charge in [0, 0.05) is 12.0 Å². The lowest BCUT2D eigenvalue weighted by atomic mass is 9.85. The Kier molecular flexibility index (Phi) is 3.28. The Balaban J connectivity index is 2.90. The first-order chi connectivity index (χ1) is 6.60. The van der Waals surface area contributed by atoms with Crippen LogP contribution in [0.15, 0.2) is 29.3 Å². The molecule has 0 heterocycles. The molecule has 0 aliphatic heterocycles.